The molecule has 0 aromatic carbocycles. The Morgan fingerprint density at radius 3 is 2.76 bits per heavy atom. The van der Waals surface area contributed by atoms with Crippen molar-refractivity contribution in [2.75, 3.05) is 6.54 Å². The van der Waals surface area contributed by atoms with Crippen molar-refractivity contribution in [3.05, 3.63) is 28.3 Å². The van der Waals surface area contributed by atoms with Crippen LogP contribution in [0.5, 0.6) is 0 Å². The summed E-state index contributed by atoms with van der Waals surface area (Å²) in [7, 11) is 0. The smallest absolute Gasteiger partial charge is 0.311 e. The van der Waals surface area contributed by atoms with Crippen molar-refractivity contribution < 1.29 is 19.1 Å². The molecule has 2 aromatic rings. The summed E-state index contributed by atoms with van der Waals surface area (Å²) in [5.41, 5.74) is 0.660. The Kier molecular flexibility index (Phi) is 5.22. The van der Waals surface area contributed by atoms with Crippen molar-refractivity contribution in [2.45, 2.75) is 45.4 Å². The second kappa shape index (κ2) is 7.39. The lowest BCUT2D eigenvalue weighted by Gasteiger charge is -2.33. The van der Waals surface area contributed by atoms with E-state index in [1.165, 1.54) is 0 Å². The maximum Gasteiger partial charge on any atom is 0.311 e. The summed E-state index contributed by atoms with van der Waals surface area (Å²) in [6, 6.07) is 1.92. The van der Waals surface area contributed by atoms with E-state index >= 15 is 0 Å². The molecular formula is C18H22N2O4S. The fourth-order valence-corrected chi connectivity index (χ4v) is 3.91. The fourth-order valence-electron chi connectivity index (χ4n) is 3.28. The first-order chi connectivity index (χ1) is 12.0. The summed E-state index contributed by atoms with van der Waals surface area (Å²) >= 11 is 1.55. The number of carboxylic acid groups (broad SMARTS) is 1. The Labute approximate surface area is 150 Å². The minimum absolute atomic E-state index is 0.0924. The van der Waals surface area contributed by atoms with Gasteiger partial charge in [-0.1, -0.05) is 19.3 Å². The minimum atomic E-state index is -0.825. The third-order valence-corrected chi connectivity index (χ3v) is 5.56. The highest BCUT2D eigenvalue weighted by Gasteiger charge is 2.39. The minimum Gasteiger partial charge on any atom is -0.481 e. The Hall–Kier alpha value is -2.15. The zero-order valence-electron chi connectivity index (χ0n) is 14.2. The molecule has 1 aliphatic rings. The molecule has 1 aliphatic carbocycles. The molecule has 0 saturated heterocycles. The van der Waals surface area contributed by atoms with E-state index in [0.29, 0.717) is 30.2 Å². The SMILES string of the molecule is Cc1oc(-c2ccsc2)nc1CC(=O)NCC1(C(=O)O)CCCCC1. The number of hydrogen-bond acceptors (Lipinski definition) is 5. The van der Waals surface area contributed by atoms with E-state index in [4.69, 9.17) is 4.42 Å². The average molecular weight is 362 g/mol. The van der Waals surface area contributed by atoms with Gasteiger partial charge in [-0.2, -0.15) is 11.3 Å². The van der Waals surface area contributed by atoms with Gasteiger partial charge >= 0.3 is 5.97 Å². The van der Waals surface area contributed by atoms with E-state index in [-0.39, 0.29) is 18.9 Å². The van der Waals surface area contributed by atoms with E-state index in [9.17, 15) is 14.7 Å². The molecule has 1 amide bonds. The summed E-state index contributed by atoms with van der Waals surface area (Å²) in [5.74, 6) is 0.0853. The van der Waals surface area contributed by atoms with Gasteiger partial charge in [0, 0.05) is 17.5 Å². The molecule has 3 rings (SSSR count). The maximum absolute atomic E-state index is 12.3. The van der Waals surface area contributed by atoms with Crippen LogP contribution in [0, 0.1) is 12.3 Å². The van der Waals surface area contributed by atoms with Gasteiger partial charge in [-0.15, -0.1) is 0 Å². The standard InChI is InChI=1S/C18H22N2O4S/c1-12-14(20-16(24-12)13-5-8-25-10-13)9-15(21)19-11-18(17(22)23)6-3-2-4-7-18/h5,8,10H,2-4,6-7,9,11H2,1H3,(H,19,21)(H,22,23). The molecule has 6 nitrogen and oxygen atoms in total. The molecule has 0 radical (unpaired) electrons. The van der Waals surface area contributed by atoms with Gasteiger partial charge in [-0.3, -0.25) is 9.59 Å². The second-order valence-corrected chi connectivity index (χ2v) is 7.41. The van der Waals surface area contributed by atoms with Crippen LogP contribution in [-0.4, -0.2) is 28.5 Å². The molecule has 2 aromatic heterocycles. The topological polar surface area (TPSA) is 92.4 Å². The first-order valence-corrected chi connectivity index (χ1v) is 9.43. The highest BCUT2D eigenvalue weighted by molar-refractivity contribution is 7.08. The van der Waals surface area contributed by atoms with Crippen molar-refractivity contribution in [1.82, 2.24) is 10.3 Å². The normalized spacial score (nSPS) is 16.5. The van der Waals surface area contributed by atoms with Gasteiger partial charge in [0.2, 0.25) is 11.8 Å². The van der Waals surface area contributed by atoms with Gasteiger partial charge in [-0.25, -0.2) is 4.98 Å². The van der Waals surface area contributed by atoms with Crippen molar-refractivity contribution in [1.29, 1.82) is 0 Å². The number of aromatic nitrogens is 1. The number of rotatable bonds is 6. The maximum atomic E-state index is 12.3. The van der Waals surface area contributed by atoms with Crippen LogP contribution in [0.3, 0.4) is 0 Å². The molecule has 0 bridgehead atoms. The number of thiophene rings is 1. The van der Waals surface area contributed by atoms with E-state index < -0.39 is 11.4 Å². The number of amides is 1. The van der Waals surface area contributed by atoms with E-state index in [1.807, 2.05) is 16.8 Å². The molecule has 0 spiro atoms. The quantitative estimate of drug-likeness (QED) is 0.821. The van der Waals surface area contributed by atoms with Crippen LogP contribution in [0.4, 0.5) is 0 Å². The van der Waals surface area contributed by atoms with Crippen molar-refractivity contribution >= 4 is 23.2 Å². The summed E-state index contributed by atoms with van der Waals surface area (Å²) in [4.78, 5) is 28.3. The van der Waals surface area contributed by atoms with E-state index in [0.717, 1.165) is 24.8 Å². The van der Waals surface area contributed by atoms with Gasteiger partial charge in [0.1, 0.15) is 5.76 Å². The fraction of sp³-hybridized carbons (Fsp3) is 0.500. The van der Waals surface area contributed by atoms with Gasteiger partial charge in [-0.05, 0) is 31.2 Å². The van der Waals surface area contributed by atoms with Crippen LogP contribution in [0.15, 0.2) is 21.2 Å². The second-order valence-electron chi connectivity index (χ2n) is 6.63. The number of hydrogen-bond donors (Lipinski definition) is 2. The van der Waals surface area contributed by atoms with Gasteiger partial charge in [0.15, 0.2) is 0 Å². The lowest BCUT2D eigenvalue weighted by molar-refractivity contribution is -0.151. The van der Waals surface area contributed by atoms with Gasteiger partial charge in [0.05, 0.1) is 17.5 Å². The highest BCUT2D eigenvalue weighted by atomic mass is 32.1. The van der Waals surface area contributed by atoms with Crippen molar-refractivity contribution in [3.63, 3.8) is 0 Å². The molecular weight excluding hydrogens is 340 g/mol. The van der Waals surface area contributed by atoms with Crippen LogP contribution < -0.4 is 5.32 Å². The van der Waals surface area contributed by atoms with Crippen LogP contribution in [-0.2, 0) is 16.0 Å². The van der Waals surface area contributed by atoms with Gasteiger partial charge < -0.3 is 14.8 Å². The third kappa shape index (κ3) is 3.92. The Morgan fingerprint density at radius 1 is 1.36 bits per heavy atom. The molecule has 25 heavy (non-hydrogen) atoms. The van der Waals surface area contributed by atoms with Crippen LogP contribution >= 0.6 is 11.3 Å². The number of nitrogens with one attached hydrogen (secondary N) is 1. The lowest BCUT2D eigenvalue weighted by atomic mass is 9.74. The Morgan fingerprint density at radius 2 is 2.12 bits per heavy atom. The predicted molar refractivity (Wildman–Crippen MR) is 94.4 cm³/mol. The van der Waals surface area contributed by atoms with Crippen molar-refractivity contribution in [3.8, 4) is 11.5 Å². The summed E-state index contributed by atoms with van der Waals surface area (Å²) in [5, 5.41) is 16.2. The number of oxazole rings is 1. The molecule has 0 unspecified atom stereocenters. The summed E-state index contributed by atoms with van der Waals surface area (Å²) < 4.78 is 5.63. The number of carbonyl (C=O) groups is 2. The van der Waals surface area contributed by atoms with Crippen LogP contribution in [0.1, 0.15) is 43.6 Å². The van der Waals surface area contributed by atoms with E-state index in [2.05, 4.69) is 10.3 Å². The Bertz CT molecular complexity index is 745. The average Bonchev–Trinajstić information content (AvgIpc) is 3.24. The van der Waals surface area contributed by atoms with Gasteiger partial charge in [0.25, 0.3) is 0 Å². The summed E-state index contributed by atoms with van der Waals surface area (Å²) in [6.07, 6.45) is 4.19. The molecule has 0 atom stereocenters. The van der Waals surface area contributed by atoms with E-state index in [1.54, 1.807) is 18.3 Å². The molecule has 1 fully saturated rings. The molecule has 2 N–H and O–H groups in total. The first kappa shape index (κ1) is 17.7. The Balaban J connectivity index is 1.62. The lowest BCUT2D eigenvalue weighted by Crippen LogP contribution is -2.44. The number of carbonyl (C=O) groups excluding carboxylic acids is 1. The first-order valence-electron chi connectivity index (χ1n) is 8.49. The number of aliphatic carboxylic acids is 1. The molecule has 1 saturated carbocycles. The van der Waals surface area contributed by atoms with Crippen molar-refractivity contribution in [2.24, 2.45) is 5.41 Å². The third-order valence-electron chi connectivity index (χ3n) is 4.88. The van der Waals surface area contributed by atoms with Crippen LogP contribution in [0.2, 0.25) is 0 Å². The van der Waals surface area contributed by atoms with Crippen LogP contribution in [0.25, 0.3) is 11.5 Å². The molecule has 2 heterocycles. The zero-order valence-corrected chi connectivity index (χ0v) is 15.0. The largest absolute Gasteiger partial charge is 0.481 e. The molecule has 134 valence electrons. The monoisotopic (exact) mass is 362 g/mol. The predicted octanol–water partition coefficient (Wildman–Crippen LogP) is 3.41. The zero-order chi connectivity index (χ0) is 17.9. The number of aryl methyl sites for hydroxylation is 1. The highest BCUT2D eigenvalue weighted by Crippen LogP contribution is 2.36. The number of carboxylic acids is 1. The molecule has 0 aliphatic heterocycles. The molecule has 7 heteroatoms. The number of nitrogens with zero attached hydrogens (tertiary/aromatic N) is 1. The summed E-state index contributed by atoms with van der Waals surface area (Å²) in [6.45, 7) is 1.96.